The maximum Gasteiger partial charge on any atom is 0.0640 e. The minimum Gasteiger partial charge on any atom is -0.309 e. The summed E-state index contributed by atoms with van der Waals surface area (Å²) in [6, 6.07) is 72.8. The molecule has 0 radical (unpaired) electrons. The molecule has 0 atom stereocenters. The summed E-state index contributed by atoms with van der Waals surface area (Å²) in [5.74, 6) is 0. The van der Waals surface area contributed by atoms with Gasteiger partial charge in [0.05, 0.1) is 10.4 Å². The molecule has 10 rings (SSSR count). The first-order valence-electron chi connectivity index (χ1n) is 17.8. The lowest BCUT2D eigenvalue weighted by Gasteiger charge is -2.27. The van der Waals surface area contributed by atoms with Crippen LogP contribution in [0.25, 0.3) is 75.1 Å². The summed E-state index contributed by atoms with van der Waals surface area (Å²) < 4.78 is 2.59. The van der Waals surface area contributed by atoms with Gasteiger partial charge < -0.3 is 4.90 Å². The molecule has 0 amide bonds. The van der Waals surface area contributed by atoms with E-state index in [0.717, 1.165) is 11.4 Å². The number of hydrogen-bond acceptors (Lipinski definition) is 2. The number of hydrogen-bond donors (Lipinski definition) is 0. The van der Waals surface area contributed by atoms with E-state index in [4.69, 9.17) is 0 Å². The highest BCUT2D eigenvalue weighted by Crippen LogP contribution is 2.47. The predicted octanol–water partition coefficient (Wildman–Crippen LogP) is 14.8. The van der Waals surface area contributed by atoms with Crippen molar-refractivity contribution in [3.05, 3.63) is 200 Å². The van der Waals surface area contributed by atoms with Gasteiger partial charge in [-0.15, -0.1) is 11.3 Å². The molecule has 9 aromatic carbocycles. The molecule has 0 aliphatic heterocycles. The number of thiophene rings is 1. The summed E-state index contributed by atoms with van der Waals surface area (Å²) in [6.45, 7) is 0. The van der Waals surface area contributed by atoms with Gasteiger partial charge in [0.25, 0.3) is 0 Å². The van der Waals surface area contributed by atoms with Crippen LogP contribution >= 0.6 is 11.3 Å². The molecule has 1 heterocycles. The number of rotatable bonds is 6. The molecule has 0 saturated carbocycles. The van der Waals surface area contributed by atoms with E-state index in [-0.39, 0.29) is 0 Å². The van der Waals surface area contributed by atoms with Crippen LogP contribution in [0, 0.1) is 0 Å². The zero-order valence-corrected chi connectivity index (χ0v) is 29.2. The Labute approximate surface area is 307 Å². The third kappa shape index (κ3) is 5.07. The largest absolute Gasteiger partial charge is 0.309 e. The van der Waals surface area contributed by atoms with E-state index in [9.17, 15) is 0 Å². The second-order valence-electron chi connectivity index (χ2n) is 13.3. The monoisotopic (exact) mass is 679 g/mol. The summed E-state index contributed by atoms with van der Waals surface area (Å²) >= 11 is 1.87. The van der Waals surface area contributed by atoms with E-state index in [1.54, 1.807) is 0 Å². The molecule has 0 aliphatic rings. The fraction of sp³-hybridized carbons (Fsp3) is 0. The van der Waals surface area contributed by atoms with Gasteiger partial charge >= 0.3 is 0 Å². The van der Waals surface area contributed by atoms with Gasteiger partial charge in [-0.05, 0) is 91.3 Å². The quantitative estimate of drug-likeness (QED) is 0.158. The predicted molar refractivity (Wildman–Crippen MR) is 225 cm³/mol. The number of fused-ring (bicyclic) bond motifs is 6. The van der Waals surface area contributed by atoms with Gasteiger partial charge in [-0.3, -0.25) is 0 Å². The van der Waals surface area contributed by atoms with Crippen LogP contribution in [0.15, 0.2) is 200 Å². The summed E-state index contributed by atoms with van der Waals surface area (Å²) in [5.41, 5.74) is 10.8. The first kappa shape index (κ1) is 30.4. The summed E-state index contributed by atoms with van der Waals surface area (Å²) in [5, 5.41) is 7.66. The molecule has 52 heavy (non-hydrogen) atoms. The standard InChI is InChI=1S/C50H33NS/c1-3-14-34(15-4-1)35-26-30-38(31-27-35)51(46-24-13-23-45-42-20-11-12-25-47(42)52-50(45)46)39-32-28-37(29-33-39)49-44-22-10-8-19-41(44)40-18-7-9-21-43(40)48(49)36-16-5-2-6-17-36/h1-33H. The molecular formula is C50H33NS. The van der Waals surface area contributed by atoms with Crippen molar-refractivity contribution >= 4 is 70.1 Å². The van der Waals surface area contributed by atoms with Crippen LogP contribution in [0.5, 0.6) is 0 Å². The average molecular weight is 680 g/mol. The molecule has 1 nitrogen and oxygen atoms in total. The van der Waals surface area contributed by atoms with Crippen molar-refractivity contribution in [2.45, 2.75) is 0 Å². The maximum atomic E-state index is 2.42. The SMILES string of the molecule is c1ccc(-c2ccc(N(c3ccc(-c4c(-c5ccccc5)c5ccccc5c5ccccc45)cc3)c3cccc4c3sc3ccccc34)cc2)cc1. The van der Waals surface area contributed by atoms with Crippen molar-refractivity contribution < 1.29 is 0 Å². The van der Waals surface area contributed by atoms with Crippen molar-refractivity contribution in [2.24, 2.45) is 0 Å². The lowest BCUT2D eigenvalue weighted by molar-refractivity contribution is 1.30. The van der Waals surface area contributed by atoms with Crippen LogP contribution in [0.1, 0.15) is 0 Å². The molecule has 0 N–H and O–H groups in total. The molecule has 0 saturated heterocycles. The molecule has 10 aromatic rings. The van der Waals surface area contributed by atoms with E-state index >= 15 is 0 Å². The third-order valence-electron chi connectivity index (χ3n) is 10.3. The zero-order chi connectivity index (χ0) is 34.4. The first-order valence-corrected chi connectivity index (χ1v) is 18.6. The van der Waals surface area contributed by atoms with E-state index in [0.29, 0.717) is 0 Å². The molecule has 0 aliphatic carbocycles. The van der Waals surface area contributed by atoms with Crippen LogP contribution in [0.3, 0.4) is 0 Å². The molecule has 0 fully saturated rings. The maximum absolute atomic E-state index is 2.42. The first-order chi connectivity index (χ1) is 25.8. The Balaban J connectivity index is 1.18. The summed E-state index contributed by atoms with van der Waals surface area (Å²) in [4.78, 5) is 2.42. The van der Waals surface area contributed by atoms with Gasteiger partial charge in [0, 0.05) is 26.8 Å². The number of anilines is 3. The Hall–Kier alpha value is -6.48. The number of benzene rings is 9. The van der Waals surface area contributed by atoms with Crippen molar-refractivity contribution in [3.63, 3.8) is 0 Å². The van der Waals surface area contributed by atoms with Crippen molar-refractivity contribution in [2.75, 3.05) is 4.90 Å². The van der Waals surface area contributed by atoms with Crippen LogP contribution in [-0.4, -0.2) is 0 Å². The second kappa shape index (κ2) is 12.7. The fourth-order valence-electron chi connectivity index (χ4n) is 7.89. The van der Waals surface area contributed by atoms with Crippen molar-refractivity contribution in [1.82, 2.24) is 0 Å². The highest BCUT2D eigenvalue weighted by Gasteiger charge is 2.20. The topological polar surface area (TPSA) is 3.24 Å². The normalized spacial score (nSPS) is 11.5. The fourth-order valence-corrected chi connectivity index (χ4v) is 9.10. The minimum absolute atomic E-state index is 1.12. The molecule has 0 spiro atoms. The Morgan fingerprint density at radius 2 is 0.712 bits per heavy atom. The van der Waals surface area contributed by atoms with Crippen LogP contribution in [-0.2, 0) is 0 Å². The van der Waals surface area contributed by atoms with Crippen LogP contribution < -0.4 is 4.90 Å². The smallest absolute Gasteiger partial charge is 0.0640 e. The molecule has 0 bridgehead atoms. The van der Waals surface area contributed by atoms with E-state index in [2.05, 4.69) is 205 Å². The van der Waals surface area contributed by atoms with Gasteiger partial charge in [-0.1, -0.05) is 164 Å². The van der Waals surface area contributed by atoms with Crippen LogP contribution in [0.4, 0.5) is 17.1 Å². The lowest BCUT2D eigenvalue weighted by Crippen LogP contribution is -2.10. The second-order valence-corrected chi connectivity index (χ2v) is 14.3. The Morgan fingerprint density at radius 1 is 0.288 bits per heavy atom. The average Bonchev–Trinajstić information content (AvgIpc) is 3.61. The van der Waals surface area contributed by atoms with Crippen LogP contribution in [0.2, 0.25) is 0 Å². The molecule has 2 heteroatoms. The van der Waals surface area contributed by atoms with Gasteiger partial charge in [0.1, 0.15) is 0 Å². The summed E-state index contributed by atoms with van der Waals surface area (Å²) in [6.07, 6.45) is 0. The van der Waals surface area contributed by atoms with E-state index in [1.165, 1.54) is 80.8 Å². The van der Waals surface area contributed by atoms with E-state index < -0.39 is 0 Å². The van der Waals surface area contributed by atoms with Crippen molar-refractivity contribution in [1.29, 1.82) is 0 Å². The third-order valence-corrected chi connectivity index (χ3v) is 11.5. The molecule has 0 unspecified atom stereocenters. The van der Waals surface area contributed by atoms with E-state index in [1.807, 2.05) is 11.3 Å². The highest BCUT2D eigenvalue weighted by atomic mass is 32.1. The van der Waals surface area contributed by atoms with Gasteiger partial charge in [0.2, 0.25) is 0 Å². The Kier molecular flexibility index (Phi) is 7.41. The molecule has 1 aromatic heterocycles. The zero-order valence-electron chi connectivity index (χ0n) is 28.4. The highest BCUT2D eigenvalue weighted by molar-refractivity contribution is 7.26. The van der Waals surface area contributed by atoms with Gasteiger partial charge in [0.15, 0.2) is 0 Å². The number of nitrogens with zero attached hydrogens (tertiary/aromatic N) is 1. The Morgan fingerprint density at radius 3 is 1.31 bits per heavy atom. The summed E-state index contributed by atoms with van der Waals surface area (Å²) in [7, 11) is 0. The lowest BCUT2D eigenvalue weighted by atomic mass is 9.85. The minimum atomic E-state index is 1.12. The van der Waals surface area contributed by atoms with Gasteiger partial charge in [-0.25, -0.2) is 0 Å². The molecule has 244 valence electrons. The van der Waals surface area contributed by atoms with Crippen molar-refractivity contribution in [3.8, 4) is 33.4 Å². The molecular weight excluding hydrogens is 647 g/mol. The Bertz CT molecular complexity index is 2870. The van der Waals surface area contributed by atoms with Gasteiger partial charge in [-0.2, -0.15) is 0 Å².